The average Bonchev–Trinajstić information content (AvgIpc) is 2.95. The SMILES string of the molecule is CCOC1(CN(C)c2nc(N)nc3c2CCCC3)CCOC1. The highest BCUT2D eigenvalue weighted by Crippen LogP contribution is 2.31. The van der Waals surface area contributed by atoms with Crippen molar-refractivity contribution in [1.29, 1.82) is 0 Å². The topological polar surface area (TPSA) is 73.5 Å². The van der Waals surface area contributed by atoms with Gasteiger partial charge in [0.2, 0.25) is 5.95 Å². The van der Waals surface area contributed by atoms with E-state index in [-0.39, 0.29) is 5.60 Å². The molecule has 2 aliphatic rings. The molecule has 0 radical (unpaired) electrons. The van der Waals surface area contributed by atoms with Crippen LogP contribution in [0.4, 0.5) is 11.8 Å². The van der Waals surface area contributed by atoms with Gasteiger partial charge in [-0.25, -0.2) is 4.98 Å². The lowest BCUT2D eigenvalue weighted by Gasteiger charge is -2.34. The molecule has 0 amide bonds. The number of anilines is 2. The van der Waals surface area contributed by atoms with Crippen LogP contribution in [0.2, 0.25) is 0 Å². The molecular weight excluding hydrogens is 280 g/mol. The minimum absolute atomic E-state index is 0.231. The summed E-state index contributed by atoms with van der Waals surface area (Å²) in [5, 5.41) is 0. The van der Waals surface area contributed by atoms with Crippen molar-refractivity contribution in [3.63, 3.8) is 0 Å². The van der Waals surface area contributed by atoms with Crippen LogP contribution in [0.3, 0.4) is 0 Å². The maximum absolute atomic E-state index is 6.02. The minimum atomic E-state index is -0.231. The van der Waals surface area contributed by atoms with Gasteiger partial charge in [0.05, 0.1) is 18.8 Å². The van der Waals surface area contributed by atoms with Crippen molar-refractivity contribution in [3.8, 4) is 0 Å². The predicted molar refractivity (Wildman–Crippen MR) is 86.1 cm³/mol. The lowest BCUT2D eigenvalue weighted by Crippen LogP contribution is -2.45. The maximum atomic E-state index is 6.02. The van der Waals surface area contributed by atoms with Gasteiger partial charge in [0, 0.05) is 32.2 Å². The fourth-order valence-corrected chi connectivity index (χ4v) is 3.59. The molecule has 1 aliphatic carbocycles. The van der Waals surface area contributed by atoms with Gasteiger partial charge in [-0.15, -0.1) is 0 Å². The van der Waals surface area contributed by atoms with Crippen molar-refractivity contribution < 1.29 is 9.47 Å². The first-order valence-corrected chi connectivity index (χ1v) is 8.22. The molecule has 1 atom stereocenters. The number of hydrogen-bond donors (Lipinski definition) is 1. The lowest BCUT2D eigenvalue weighted by molar-refractivity contribution is -0.0369. The summed E-state index contributed by atoms with van der Waals surface area (Å²) in [7, 11) is 2.07. The Morgan fingerprint density at radius 2 is 2.14 bits per heavy atom. The van der Waals surface area contributed by atoms with Gasteiger partial charge >= 0.3 is 0 Å². The number of aryl methyl sites for hydroxylation is 1. The summed E-state index contributed by atoms with van der Waals surface area (Å²) >= 11 is 0. The zero-order valence-electron chi connectivity index (χ0n) is 13.6. The summed E-state index contributed by atoms with van der Waals surface area (Å²) in [5.41, 5.74) is 8.06. The highest BCUT2D eigenvalue weighted by Gasteiger charge is 2.37. The third-order valence-electron chi connectivity index (χ3n) is 4.58. The van der Waals surface area contributed by atoms with Crippen LogP contribution >= 0.6 is 0 Å². The number of nitrogen functional groups attached to an aromatic ring is 1. The molecule has 2 heterocycles. The largest absolute Gasteiger partial charge is 0.378 e. The van der Waals surface area contributed by atoms with Crippen LogP contribution in [0, 0.1) is 0 Å². The van der Waals surface area contributed by atoms with Crippen molar-refractivity contribution in [1.82, 2.24) is 9.97 Å². The zero-order valence-corrected chi connectivity index (χ0v) is 13.6. The molecule has 2 N–H and O–H groups in total. The van der Waals surface area contributed by atoms with E-state index in [1.165, 1.54) is 18.4 Å². The van der Waals surface area contributed by atoms with Gasteiger partial charge in [-0.3, -0.25) is 0 Å². The van der Waals surface area contributed by atoms with Gasteiger partial charge in [0.1, 0.15) is 11.4 Å². The van der Waals surface area contributed by atoms with Crippen LogP contribution in [0.5, 0.6) is 0 Å². The minimum Gasteiger partial charge on any atom is -0.378 e. The standard InChI is InChI=1S/C16H26N4O2/c1-3-22-16(8-9-21-11-16)10-20(2)14-12-6-4-5-7-13(12)18-15(17)19-14/h3-11H2,1-2H3,(H2,17,18,19). The fourth-order valence-electron chi connectivity index (χ4n) is 3.59. The Hall–Kier alpha value is -1.40. The van der Waals surface area contributed by atoms with Gasteiger partial charge < -0.3 is 20.1 Å². The number of rotatable bonds is 5. The average molecular weight is 306 g/mol. The van der Waals surface area contributed by atoms with Crippen molar-refractivity contribution >= 4 is 11.8 Å². The van der Waals surface area contributed by atoms with Gasteiger partial charge in [0.25, 0.3) is 0 Å². The van der Waals surface area contributed by atoms with Crippen molar-refractivity contribution in [2.45, 2.75) is 44.6 Å². The highest BCUT2D eigenvalue weighted by molar-refractivity contribution is 5.52. The number of hydrogen-bond acceptors (Lipinski definition) is 6. The summed E-state index contributed by atoms with van der Waals surface area (Å²) in [6.07, 6.45) is 5.34. The molecule has 122 valence electrons. The zero-order chi connectivity index (χ0) is 15.6. The van der Waals surface area contributed by atoms with Crippen LogP contribution in [0.25, 0.3) is 0 Å². The second-order valence-corrected chi connectivity index (χ2v) is 6.31. The second-order valence-electron chi connectivity index (χ2n) is 6.31. The first kappa shape index (κ1) is 15.5. The van der Waals surface area contributed by atoms with E-state index in [0.29, 0.717) is 19.2 Å². The number of nitrogens with two attached hydrogens (primary N) is 1. The molecular formula is C16H26N4O2. The van der Waals surface area contributed by atoms with Gasteiger partial charge in [-0.1, -0.05) is 0 Å². The molecule has 0 aromatic carbocycles. The molecule has 0 spiro atoms. The lowest BCUT2D eigenvalue weighted by atomic mass is 9.95. The molecule has 3 rings (SSSR count). The van der Waals surface area contributed by atoms with E-state index in [9.17, 15) is 0 Å². The number of likely N-dealkylation sites (N-methyl/N-ethyl adjacent to an activating group) is 1. The van der Waals surface area contributed by atoms with Crippen molar-refractivity contribution in [2.24, 2.45) is 0 Å². The summed E-state index contributed by atoms with van der Waals surface area (Å²) in [6, 6.07) is 0. The quantitative estimate of drug-likeness (QED) is 0.890. The third-order valence-corrected chi connectivity index (χ3v) is 4.58. The predicted octanol–water partition coefficient (Wildman–Crippen LogP) is 1.57. The molecule has 0 saturated carbocycles. The summed E-state index contributed by atoms with van der Waals surface area (Å²) in [6.45, 7) is 4.90. The van der Waals surface area contributed by atoms with Crippen LogP contribution < -0.4 is 10.6 Å². The molecule has 1 aliphatic heterocycles. The molecule has 1 saturated heterocycles. The normalized spacial score (nSPS) is 24.3. The van der Waals surface area contributed by atoms with Gasteiger partial charge in [-0.05, 0) is 32.6 Å². The third kappa shape index (κ3) is 3.03. The number of nitrogens with zero attached hydrogens (tertiary/aromatic N) is 3. The van der Waals surface area contributed by atoms with Crippen molar-refractivity contribution in [3.05, 3.63) is 11.3 Å². The monoisotopic (exact) mass is 306 g/mol. The molecule has 22 heavy (non-hydrogen) atoms. The Kier molecular flexibility index (Phi) is 4.49. The van der Waals surface area contributed by atoms with Crippen LogP contribution in [0.1, 0.15) is 37.4 Å². The number of ether oxygens (including phenoxy) is 2. The van der Waals surface area contributed by atoms with E-state index in [1.807, 2.05) is 6.92 Å². The van der Waals surface area contributed by atoms with E-state index in [0.717, 1.165) is 43.9 Å². The van der Waals surface area contributed by atoms with E-state index >= 15 is 0 Å². The molecule has 1 aromatic rings. The Labute approximate surface area is 132 Å². The molecule has 6 heteroatoms. The number of fused-ring (bicyclic) bond motifs is 1. The Morgan fingerprint density at radius 1 is 1.32 bits per heavy atom. The fraction of sp³-hybridized carbons (Fsp3) is 0.750. The summed E-state index contributed by atoms with van der Waals surface area (Å²) in [5.74, 6) is 1.34. The van der Waals surface area contributed by atoms with E-state index in [1.54, 1.807) is 0 Å². The summed E-state index contributed by atoms with van der Waals surface area (Å²) in [4.78, 5) is 11.1. The second kappa shape index (κ2) is 6.38. The van der Waals surface area contributed by atoms with Crippen LogP contribution in [-0.2, 0) is 22.3 Å². The molecule has 1 unspecified atom stereocenters. The first-order chi connectivity index (χ1) is 10.6. The van der Waals surface area contributed by atoms with E-state index < -0.39 is 0 Å². The summed E-state index contributed by atoms with van der Waals surface area (Å²) < 4.78 is 11.6. The van der Waals surface area contributed by atoms with Gasteiger partial charge in [0.15, 0.2) is 0 Å². The molecule has 1 fully saturated rings. The highest BCUT2D eigenvalue weighted by atomic mass is 16.6. The molecule has 0 bridgehead atoms. The van der Waals surface area contributed by atoms with E-state index in [4.69, 9.17) is 15.2 Å². The molecule has 1 aromatic heterocycles. The van der Waals surface area contributed by atoms with Crippen LogP contribution in [-0.4, -0.2) is 49.0 Å². The first-order valence-electron chi connectivity index (χ1n) is 8.22. The van der Waals surface area contributed by atoms with E-state index in [2.05, 4.69) is 21.9 Å². The van der Waals surface area contributed by atoms with Crippen molar-refractivity contribution in [2.75, 3.05) is 44.0 Å². The Bertz CT molecular complexity index is 529. The molecule has 6 nitrogen and oxygen atoms in total. The Balaban J connectivity index is 1.85. The van der Waals surface area contributed by atoms with Gasteiger partial charge in [-0.2, -0.15) is 4.98 Å². The maximum Gasteiger partial charge on any atom is 0.222 e. The smallest absolute Gasteiger partial charge is 0.222 e. The number of aromatic nitrogens is 2. The van der Waals surface area contributed by atoms with Crippen LogP contribution in [0.15, 0.2) is 0 Å². The Morgan fingerprint density at radius 3 is 2.86 bits per heavy atom.